The molecule has 0 aliphatic heterocycles. The lowest BCUT2D eigenvalue weighted by Gasteiger charge is -2.14. The van der Waals surface area contributed by atoms with Crippen molar-refractivity contribution in [1.82, 2.24) is 4.57 Å². The Balaban J connectivity index is 2.47. The van der Waals surface area contributed by atoms with Crippen LogP contribution in [0.5, 0.6) is 0 Å². The standard InChI is InChI=1S/C19H15NO/c1-3-14-9-8-10-15-13-16(4-2)20(19(21)18(14)15)17-11-6-5-7-12-17/h1,5-13H,4H2,2H3. The second-order valence-electron chi connectivity index (χ2n) is 4.88. The van der Waals surface area contributed by atoms with Crippen LogP contribution < -0.4 is 5.56 Å². The van der Waals surface area contributed by atoms with Gasteiger partial charge in [-0.3, -0.25) is 9.36 Å². The van der Waals surface area contributed by atoms with Crippen molar-refractivity contribution in [2.24, 2.45) is 0 Å². The maximum atomic E-state index is 13.0. The molecule has 2 nitrogen and oxygen atoms in total. The first kappa shape index (κ1) is 13.2. The van der Waals surface area contributed by atoms with Crippen LogP contribution in [0.15, 0.2) is 59.4 Å². The number of aromatic nitrogens is 1. The molecule has 0 N–H and O–H groups in total. The molecular weight excluding hydrogens is 258 g/mol. The monoisotopic (exact) mass is 273 g/mol. The molecule has 0 aliphatic rings. The Labute approximate surface area is 123 Å². The lowest BCUT2D eigenvalue weighted by Crippen LogP contribution is -2.22. The van der Waals surface area contributed by atoms with Crippen LogP contribution in [0.4, 0.5) is 0 Å². The van der Waals surface area contributed by atoms with Gasteiger partial charge in [-0.2, -0.15) is 0 Å². The van der Waals surface area contributed by atoms with E-state index in [2.05, 4.69) is 5.92 Å². The highest BCUT2D eigenvalue weighted by atomic mass is 16.1. The lowest BCUT2D eigenvalue weighted by atomic mass is 10.0. The van der Waals surface area contributed by atoms with Gasteiger partial charge in [-0.1, -0.05) is 43.2 Å². The van der Waals surface area contributed by atoms with Gasteiger partial charge in [-0.15, -0.1) is 6.42 Å². The normalized spacial score (nSPS) is 10.5. The van der Waals surface area contributed by atoms with Gasteiger partial charge < -0.3 is 0 Å². The van der Waals surface area contributed by atoms with Crippen LogP contribution in [0.2, 0.25) is 0 Å². The first-order valence-electron chi connectivity index (χ1n) is 6.96. The van der Waals surface area contributed by atoms with Crippen LogP contribution in [0, 0.1) is 12.3 Å². The van der Waals surface area contributed by atoms with Crippen LogP contribution in [-0.4, -0.2) is 4.57 Å². The molecular formula is C19H15NO. The van der Waals surface area contributed by atoms with Crippen molar-refractivity contribution >= 4 is 10.8 Å². The fourth-order valence-corrected chi connectivity index (χ4v) is 2.66. The molecule has 2 heteroatoms. The van der Waals surface area contributed by atoms with Crippen molar-refractivity contribution in [2.45, 2.75) is 13.3 Å². The van der Waals surface area contributed by atoms with E-state index in [-0.39, 0.29) is 5.56 Å². The largest absolute Gasteiger partial charge is 0.281 e. The van der Waals surface area contributed by atoms with Crippen molar-refractivity contribution in [1.29, 1.82) is 0 Å². The number of hydrogen-bond donors (Lipinski definition) is 0. The summed E-state index contributed by atoms with van der Waals surface area (Å²) in [6, 6.07) is 17.4. The maximum Gasteiger partial charge on any atom is 0.264 e. The van der Waals surface area contributed by atoms with Gasteiger partial charge >= 0.3 is 0 Å². The molecule has 0 saturated heterocycles. The molecule has 2 aromatic carbocycles. The Morgan fingerprint density at radius 1 is 1.10 bits per heavy atom. The minimum atomic E-state index is -0.0518. The number of pyridine rings is 1. The minimum Gasteiger partial charge on any atom is -0.281 e. The van der Waals surface area contributed by atoms with E-state index in [0.717, 1.165) is 23.2 Å². The number of rotatable bonds is 2. The molecule has 1 aromatic heterocycles. The third-order valence-corrected chi connectivity index (χ3v) is 3.66. The van der Waals surface area contributed by atoms with E-state index in [0.29, 0.717) is 10.9 Å². The van der Waals surface area contributed by atoms with E-state index in [1.807, 2.05) is 61.5 Å². The van der Waals surface area contributed by atoms with Crippen LogP contribution in [0.25, 0.3) is 16.5 Å². The first-order chi connectivity index (χ1) is 10.3. The van der Waals surface area contributed by atoms with Crippen LogP contribution in [0.3, 0.4) is 0 Å². The number of nitrogens with zero attached hydrogens (tertiary/aromatic N) is 1. The molecule has 21 heavy (non-hydrogen) atoms. The Morgan fingerprint density at radius 3 is 2.52 bits per heavy atom. The van der Waals surface area contributed by atoms with Gasteiger partial charge in [0.2, 0.25) is 0 Å². The average molecular weight is 273 g/mol. The summed E-state index contributed by atoms with van der Waals surface area (Å²) in [5.74, 6) is 2.61. The van der Waals surface area contributed by atoms with Gasteiger partial charge in [0.25, 0.3) is 5.56 Å². The van der Waals surface area contributed by atoms with E-state index in [1.54, 1.807) is 4.57 Å². The molecule has 0 atom stereocenters. The van der Waals surface area contributed by atoms with Gasteiger partial charge in [0.05, 0.1) is 5.39 Å². The molecule has 0 aliphatic carbocycles. The minimum absolute atomic E-state index is 0.0518. The molecule has 0 radical (unpaired) electrons. The quantitative estimate of drug-likeness (QED) is 0.655. The van der Waals surface area contributed by atoms with Gasteiger partial charge in [0.15, 0.2) is 0 Å². The average Bonchev–Trinajstić information content (AvgIpc) is 2.54. The number of aryl methyl sites for hydroxylation is 1. The second kappa shape index (κ2) is 5.30. The van der Waals surface area contributed by atoms with Gasteiger partial charge in [0.1, 0.15) is 0 Å². The van der Waals surface area contributed by atoms with Crippen molar-refractivity contribution in [2.75, 3.05) is 0 Å². The van der Waals surface area contributed by atoms with Crippen LogP contribution in [0.1, 0.15) is 18.2 Å². The Hall–Kier alpha value is -2.79. The topological polar surface area (TPSA) is 22.0 Å². The number of para-hydroxylation sites is 1. The summed E-state index contributed by atoms with van der Waals surface area (Å²) in [7, 11) is 0. The highest BCUT2D eigenvalue weighted by Crippen LogP contribution is 2.19. The van der Waals surface area contributed by atoms with E-state index in [9.17, 15) is 4.79 Å². The second-order valence-corrected chi connectivity index (χ2v) is 4.88. The highest BCUT2D eigenvalue weighted by Gasteiger charge is 2.12. The number of fused-ring (bicyclic) bond motifs is 1. The summed E-state index contributed by atoms with van der Waals surface area (Å²) in [6.07, 6.45) is 6.32. The summed E-state index contributed by atoms with van der Waals surface area (Å²) < 4.78 is 1.75. The predicted molar refractivity (Wildman–Crippen MR) is 86.9 cm³/mol. The number of benzene rings is 2. The zero-order valence-corrected chi connectivity index (χ0v) is 11.8. The summed E-state index contributed by atoms with van der Waals surface area (Å²) in [6.45, 7) is 2.05. The smallest absolute Gasteiger partial charge is 0.264 e. The molecule has 1 heterocycles. The third kappa shape index (κ3) is 2.13. The molecule has 3 rings (SSSR count). The fourth-order valence-electron chi connectivity index (χ4n) is 2.66. The lowest BCUT2D eigenvalue weighted by molar-refractivity contribution is 0.889. The van der Waals surface area contributed by atoms with Crippen LogP contribution >= 0.6 is 0 Å². The van der Waals surface area contributed by atoms with E-state index in [4.69, 9.17) is 6.42 Å². The zero-order valence-electron chi connectivity index (χ0n) is 11.8. The van der Waals surface area contributed by atoms with E-state index < -0.39 is 0 Å². The van der Waals surface area contributed by atoms with Crippen molar-refractivity contribution in [3.63, 3.8) is 0 Å². The van der Waals surface area contributed by atoms with Crippen molar-refractivity contribution in [3.8, 4) is 18.0 Å². The fraction of sp³-hybridized carbons (Fsp3) is 0.105. The first-order valence-corrected chi connectivity index (χ1v) is 6.96. The SMILES string of the molecule is C#Cc1cccc2cc(CC)n(-c3ccccc3)c(=O)c12. The summed E-state index contributed by atoms with van der Waals surface area (Å²) in [4.78, 5) is 13.0. The number of hydrogen-bond acceptors (Lipinski definition) is 1. The molecule has 0 spiro atoms. The van der Waals surface area contributed by atoms with Crippen LogP contribution in [-0.2, 0) is 6.42 Å². The van der Waals surface area contributed by atoms with Gasteiger partial charge in [-0.25, -0.2) is 0 Å². The van der Waals surface area contributed by atoms with Crippen molar-refractivity contribution < 1.29 is 0 Å². The number of terminal acetylenes is 1. The molecule has 0 unspecified atom stereocenters. The molecule has 102 valence electrons. The van der Waals surface area contributed by atoms with Crippen molar-refractivity contribution in [3.05, 3.63) is 76.2 Å². The molecule has 3 aromatic rings. The maximum absolute atomic E-state index is 13.0. The van der Waals surface area contributed by atoms with E-state index in [1.165, 1.54) is 0 Å². The summed E-state index contributed by atoms with van der Waals surface area (Å²) >= 11 is 0. The molecule has 0 saturated carbocycles. The van der Waals surface area contributed by atoms with E-state index >= 15 is 0 Å². The summed E-state index contributed by atoms with van der Waals surface area (Å²) in [5.41, 5.74) is 2.44. The van der Waals surface area contributed by atoms with Gasteiger partial charge in [0, 0.05) is 16.9 Å². The summed E-state index contributed by atoms with van der Waals surface area (Å²) in [5, 5.41) is 1.51. The predicted octanol–water partition coefficient (Wildman–Crippen LogP) is 3.53. The molecule has 0 bridgehead atoms. The molecule has 0 fully saturated rings. The zero-order chi connectivity index (χ0) is 14.8. The molecule has 0 amide bonds. The van der Waals surface area contributed by atoms with Gasteiger partial charge in [-0.05, 0) is 36.1 Å². The Morgan fingerprint density at radius 2 is 1.86 bits per heavy atom. The highest BCUT2D eigenvalue weighted by molar-refractivity contribution is 5.88. The third-order valence-electron chi connectivity index (χ3n) is 3.66. The Kier molecular flexibility index (Phi) is 3.33. The Bertz CT molecular complexity index is 898.